The van der Waals surface area contributed by atoms with Crippen LogP contribution in [0.2, 0.25) is 5.02 Å². The van der Waals surface area contributed by atoms with E-state index in [4.69, 9.17) is 21.6 Å². The summed E-state index contributed by atoms with van der Waals surface area (Å²) in [5.41, 5.74) is 3.45. The van der Waals surface area contributed by atoms with E-state index in [1.165, 1.54) is 34.4 Å². The highest BCUT2D eigenvalue weighted by molar-refractivity contribution is 7.19. The quantitative estimate of drug-likeness (QED) is 0.409. The number of hydrogen-bond donors (Lipinski definition) is 1. The van der Waals surface area contributed by atoms with E-state index in [2.05, 4.69) is 5.32 Å². The third kappa shape index (κ3) is 3.72. The van der Waals surface area contributed by atoms with Crippen molar-refractivity contribution in [1.29, 1.82) is 0 Å². The summed E-state index contributed by atoms with van der Waals surface area (Å²) in [7, 11) is 0. The molecule has 0 atom stereocenters. The van der Waals surface area contributed by atoms with Crippen LogP contribution in [0.5, 0.6) is 0 Å². The van der Waals surface area contributed by atoms with Crippen molar-refractivity contribution in [1.82, 2.24) is 9.97 Å². The summed E-state index contributed by atoms with van der Waals surface area (Å²) in [5.74, 6) is 1.39. The average Bonchev–Trinajstić information content (AvgIpc) is 3.31. The Morgan fingerprint density at radius 1 is 1.00 bits per heavy atom. The molecule has 0 bridgehead atoms. The lowest BCUT2D eigenvalue weighted by Crippen LogP contribution is -2.08. The number of aromatic nitrogens is 2. The van der Waals surface area contributed by atoms with Crippen LogP contribution in [-0.2, 0) is 19.3 Å². The van der Waals surface area contributed by atoms with Crippen molar-refractivity contribution >= 4 is 39.0 Å². The SMILES string of the molecule is Fc1ccc(CCNc2nc(-c3ccc(Cl)cc3)nc3sc4c(c23)CCC4)cc1. The molecule has 1 aliphatic carbocycles. The molecule has 0 fully saturated rings. The predicted molar refractivity (Wildman–Crippen MR) is 118 cm³/mol. The van der Waals surface area contributed by atoms with Crippen LogP contribution in [0.4, 0.5) is 10.2 Å². The molecule has 0 radical (unpaired) electrons. The van der Waals surface area contributed by atoms with Crippen LogP contribution in [-0.4, -0.2) is 16.5 Å². The van der Waals surface area contributed by atoms with Gasteiger partial charge in [0.15, 0.2) is 5.82 Å². The Labute approximate surface area is 177 Å². The molecule has 5 rings (SSSR count). The largest absolute Gasteiger partial charge is 0.369 e. The van der Waals surface area contributed by atoms with E-state index in [9.17, 15) is 4.39 Å². The third-order valence-electron chi connectivity index (χ3n) is 5.29. The average molecular weight is 424 g/mol. The number of thiophene rings is 1. The number of nitrogens with zero attached hydrogens (tertiary/aromatic N) is 2. The predicted octanol–water partition coefficient (Wildman–Crippen LogP) is 6.29. The van der Waals surface area contributed by atoms with Gasteiger partial charge in [0.25, 0.3) is 0 Å². The second kappa shape index (κ2) is 7.73. The van der Waals surface area contributed by atoms with E-state index in [0.717, 1.165) is 47.6 Å². The van der Waals surface area contributed by atoms with Gasteiger partial charge in [-0.2, -0.15) is 0 Å². The summed E-state index contributed by atoms with van der Waals surface area (Å²) >= 11 is 7.82. The molecule has 6 heteroatoms. The summed E-state index contributed by atoms with van der Waals surface area (Å²) in [6.07, 6.45) is 4.22. The topological polar surface area (TPSA) is 37.8 Å². The van der Waals surface area contributed by atoms with Crippen LogP contribution in [0.1, 0.15) is 22.4 Å². The lowest BCUT2D eigenvalue weighted by molar-refractivity contribution is 0.627. The van der Waals surface area contributed by atoms with Crippen LogP contribution < -0.4 is 5.32 Å². The summed E-state index contributed by atoms with van der Waals surface area (Å²) < 4.78 is 13.1. The Kier molecular flexibility index (Phi) is 4.94. The van der Waals surface area contributed by atoms with Gasteiger partial charge >= 0.3 is 0 Å². The lowest BCUT2D eigenvalue weighted by atomic mass is 10.1. The number of aryl methyl sites for hydroxylation is 2. The Morgan fingerprint density at radius 3 is 2.59 bits per heavy atom. The molecule has 0 unspecified atom stereocenters. The van der Waals surface area contributed by atoms with Gasteiger partial charge in [-0.25, -0.2) is 14.4 Å². The fourth-order valence-corrected chi connectivity index (χ4v) is 5.22. The minimum Gasteiger partial charge on any atom is -0.369 e. The van der Waals surface area contributed by atoms with E-state index in [1.807, 2.05) is 36.4 Å². The van der Waals surface area contributed by atoms with Crippen molar-refractivity contribution in [2.75, 3.05) is 11.9 Å². The molecule has 0 spiro atoms. The highest BCUT2D eigenvalue weighted by Crippen LogP contribution is 2.40. The fraction of sp³-hybridized carbons (Fsp3) is 0.217. The maximum Gasteiger partial charge on any atom is 0.163 e. The van der Waals surface area contributed by atoms with Crippen molar-refractivity contribution in [3.63, 3.8) is 0 Å². The van der Waals surface area contributed by atoms with Gasteiger partial charge in [0, 0.05) is 22.0 Å². The Morgan fingerprint density at radius 2 is 1.79 bits per heavy atom. The van der Waals surface area contributed by atoms with Crippen LogP contribution >= 0.6 is 22.9 Å². The zero-order valence-electron chi connectivity index (χ0n) is 15.7. The molecule has 2 aromatic carbocycles. The van der Waals surface area contributed by atoms with Gasteiger partial charge in [-0.15, -0.1) is 11.3 Å². The van der Waals surface area contributed by atoms with Crippen molar-refractivity contribution in [2.24, 2.45) is 0 Å². The molecule has 4 aromatic rings. The molecular weight excluding hydrogens is 405 g/mol. The number of fused-ring (bicyclic) bond motifs is 3. The third-order valence-corrected chi connectivity index (χ3v) is 6.72. The van der Waals surface area contributed by atoms with Gasteiger partial charge in [0.05, 0.1) is 5.39 Å². The van der Waals surface area contributed by atoms with E-state index < -0.39 is 0 Å². The maximum atomic E-state index is 13.1. The van der Waals surface area contributed by atoms with Crippen molar-refractivity contribution < 1.29 is 4.39 Å². The molecule has 146 valence electrons. The molecule has 1 N–H and O–H groups in total. The van der Waals surface area contributed by atoms with Gasteiger partial charge in [-0.05, 0) is 73.2 Å². The zero-order valence-corrected chi connectivity index (χ0v) is 17.3. The van der Waals surface area contributed by atoms with Crippen molar-refractivity contribution in [3.05, 3.63) is 75.4 Å². The standard InChI is InChI=1S/C23H19ClFN3S/c24-16-8-6-15(7-9-16)21-27-22(26-13-12-14-4-10-17(25)11-5-14)20-18-2-1-3-19(18)29-23(20)28-21/h4-11H,1-3,12-13H2,(H,26,27,28). The monoisotopic (exact) mass is 423 g/mol. The van der Waals surface area contributed by atoms with Crippen LogP contribution in [0.15, 0.2) is 48.5 Å². The molecule has 3 nitrogen and oxygen atoms in total. The lowest BCUT2D eigenvalue weighted by Gasteiger charge is -2.11. The van der Waals surface area contributed by atoms with E-state index in [-0.39, 0.29) is 5.82 Å². The molecule has 2 heterocycles. The van der Waals surface area contributed by atoms with Gasteiger partial charge in [0.2, 0.25) is 0 Å². The van der Waals surface area contributed by atoms with Gasteiger partial charge in [-0.3, -0.25) is 0 Å². The number of anilines is 1. The molecule has 0 saturated heterocycles. The highest BCUT2D eigenvalue weighted by atomic mass is 35.5. The second-order valence-electron chi connectivity index (χ2n) is 7.24. The Bertz CT molecular complexity index is 1170. The fourth-order valence-electron chi connectivity index (χ4n) is 3.83. The molecule has 0 amide bonds. The molecular formula is C23H19ClFN3S. The van der Waals surface area contributed by atoms with E-state index in [1.54, 1.807) is 11.3 Å². The minimum absolute atomic E-state index is 0.208. The smallest absolute Gasteiger partial charge is 0.163 e. The van der Waals surface area contributed by atoms with Crippen LogP contribution in [0.3, 0.4) is 0 Å². The number of halogens is 2. The van der Waals surface area contributed by atoms with Gasteiger partial charge < -0.3 is 5.32 Å². The second-order valence-corrected chi connectivity index (χ2v) is 8.76. The first-order valence-corrected chi connectivity index (χ1v) is 10.9. The van der Waals surface area contributed by atoms with E-state index >= 15 is 0 Å². The summed E-state index contributed by atoms with van der Waals surface area (Å²) in [5, 5.41) is 5.39. The Balaban J connectivity index is 1.49. The first-order chi connectivity index (χ1) is 14.2. The Hall–Kier alpha value is -2.50. The van der Waals surface area contributed by atoms with Crippen molar-refractivity contribution in [2.45, 2.75) is 25.7 Å². The first-order valence-electron chi connectivity index (χ1n) is 9.74. The van der Waals surface area contributed by atoms with Gasteiger partial charge in [-0.1, -0.05) is 23.7 Å². The number of benzene rings is 2. The van der Waals surface area contributed by atoms with Crippen molar-refractivity contribution in [3.8, 4) is 11.4 Å². The van der Waals surface area contributed by atoms with Crippen LogP contribution in [0.25, 0.3) is 21.6 Å². The normalized spacial score (nSPS) is 13.0. The number of rotatable bonds is 5. The molecule has 2 aromatic heterocycles. The summed E-state index contributed by atoms with van der Waals surface area (Å²) in [6, 6.07) is 14.3. The van der Waals surface area contributed by atoms with Gasteiger partial charge in [0.1, 0.15) is 16.5 Å². The summed E-state index contributed by atoms with van der Waals surface area (Å²) in [6.45, 7) is 0.725. The molecule has 29 heavy (non-hydrogen) atoms. The minimum atomic E-state index is -0.208. The highest BCUT2D eigenvalue weighted by Gasteiger charge is 2.22. The maximum absolute atomic E-state index is 13.1. The molecule has 1 aliphatic rings. The van der Waals surface area contributed by atoms with E-state index in [0.29, 0.717) is 10.8 Å². The number of hydrogen-bond acceptors (Lipinski definition) is 4. The summed E-state index contributed by atoms with van der Waals surface area (Å²) in [4.78, 5) is 12.2. The van der Waals surface area contributed by atoms with Crippen LogP contribution in [0, 0.1) is 5.82 Å². The molecule has 0 aliphatic heterocycles. The molecule has 0 saturated carbocycles. The zero-order chi connectivity index (χ0) is 19.8. The number of nitrogens with one attached hydrogen (secondary N) is 1. The first kappa shape index (κ1) is 18.5.